The van der Waals surface area contributed by atoms with Crippen molar-refractivity contribution in [3.8, 4) is 0 Å². The molecule has 23 heavy (non-hydrogen) atoms. The molecule has 0 spiro atoms. The average molecular weight is 312 g/mol. The molecule has 0 radical (unpaired) electrons. The number of anilines is 1. The summed E-state index contributed by atoms with van der Waals surface area (Å²) >= 11 is 0. The summed E-state index contributed by atoms with van der Waals surface area (Å²) in [6.07, 6.45) is 1.88. The third kappa shape index (κ3) is 4.64. The number of carbonyl (C=O) groups is 1. The zero-order chi connectivity index (χ0) is 16.7. The van der Waals surface area contributed by atoms with E-state index in [4.69, 9.17) is 0 Å². The number of benzene rings is 2. The number of nitro groups is 1. The molecule has 0 heterocycles. The highest BCUT2D eigenvalue weighted by Crippen LogP contribution is 2.22. The predicted octanol–water partition coefficient (Wildman–Crippen LogP) is 3.97. The van der Waals surface area contributed by atoms with Crippen LogP contribution in [0.2, 0.25) is 0 Å². The van der Waals surface area contributed by atoms with Gasteiger partial charge < -0.3 is 4.90 Å². The van der Waals surface area contributed by atoms with Gasteiger partial charge in [0.25, 0.3) is 5.69 Å². The van der Waals surface area contributed by atoms with E-state index in [9.17, 15) is 14.9 Å². The molecule has 5 nitrogen and oxygen atoms in total. The van der Waals surface area contributed by atoms with E-state index in [1.807, 2.05) is 37.3 Å². The monoisotopic (exact) mass is 312 g/mol. The first-order chi connectivity index (χ1) is 11.1. The summed E-state index contributed by atoms with van der Waals surface area (Å²) < 4.78 is 0. The second kappa shape index (κ2) is 8.08. The first-order valence-electron chi connectivity index (χ1n) is 7.70. The molecular weight excluding hydrogens is 292 g/mol. The van der Waals surface area contributed by atoms with Gasteiger partial charge in [-0.15, -0.1) is 0 Å². The molecule has 0 bridgehead atoms. The Hall–Kier alpha value is -2.69. The summed E-state index contributed by atoms with van der Waals surface area (Å²) in [4.78, 5) is 24.6. The molecule has 0 aliphatic heterocycles. The highest BCUT2D eigenvalue weighted by molar-refractivity contribution is 5.93. The van der Waals surface area contributed by atoms with Crippen LogP contribution in [0.5, 0.6) is 0 Å². The van der Waals surface area contributed by atoms with Gasteiger partial charge in [0.15, 0.2) is 0 Å². The predicted molar refractivity (Wildman–Crippen MR) is 90.5 cm³/mol. The van der Waals surface area contributed by atoms with Crippen molar-refractivity contribution in [3.63, 3.8) is 0 Å². The van der Waals surface area contributed by atoms with Gasteiger partial charge in [0.1, 0.15) is 0 Å². The van der Waals surface area contributed by atoms with Gasteiger partial charge in [-0.25, -0.2) is 0 Å². The van der Waals surface area contributed by atoms with Crippen LogP contribution in [0.25, 0.3) is 0 Å². The van der Waals surface area contributed by atoms with E-state index < -0.39 is 4.92 Å². The lowest BCUT2D eigenvalue weighted by atomic mass is 10.1. The highest BCUT2D eigenvalue weighted by Gasteiger charge is 2.17. The van der Waals surface area contributed by atoms with Crippen LogP contribution in [-0.2, 0) is 11.2 Å². The number of nitro benzene ring substituents is 1. The van der Waals surface area contributed by atoms with Crippen LogP contribution in [0.4, 0.5) is 11.4 Å². The van der Waals surface area contributed by atoms with E-state index in [2.05, 4.69) is 0 Å². The summed E-state index contributed by atoms with van der Waals surface area (Å²) in [5.41, 5.74) is 1.71. The van der Waals surface area contributed by atoms with Gasteiger partial charge in [-0.05, 0) is 24.5 Å². The van der Waals surface area contributed by atoms with Gasteiger partial charge in [-0.1, -0.05) is 43.3 Å². The largest absolute Gasteiger partial charge is 0.312 e. The van der Waals surface area contributed by atoms with Crippen LogP contribution in [-0.4, -0.2) is 17.4 Å². The van der Waals surface area contributed by atoms with Crippen molar-refractivity contribution in [2.24, 2.45) is 0 Å². The van der Waals surface area contributed by atoms with E-state index in [1.165, 1.54) is 12.1 Å². The number of nitrogens with zero attached hydrogens (tertiary/aromatic N) is 2. The summed E-state index contributed by atoms with van der Waals surface area (Å²) in [5, 5.41) is 11.0. The molecule has 0 saturated carbocycles. The average Bonchev–Trinajstić information content (AvgIpc) is 2.56. The van der Waals surface area contributed by atoms with Crippen molar-refractivity contribution in [2.75, 3.05) is 11.4 Å². The second-order valence-corrected chi connectivity index (χ2v) is 5.31. The van der Waals surface area contributed by atoms with Crippen LogP contribution in [0, 0.1) is 10.1 Å². The molecule has 0 N–H and O–H groups in total. The third-order valence-electron chi connectivity index (χ3n) is 3.58. The molecule has 0 unspecified atom stereocenters. The minimum absolute atomic E-state index is 0.00323. The Morgan fingerprint density at radius 3 is 2.52 bits per heavy atom. The van der Waals surface area contributed by atoms with Crippen molar-refractivity contribution in [2.45, 2.75) is 26.2 Å². The number of hydrogen-bond acceptors (Lipinski definition) is 3. The molecule has 0 aliphatic carbocycles. The fourth-order valence-electron chi connectivity index (χ4n) is 2.41. The number of non-ortho nitro benzene ring substituents is 1. The SMILES string of the molecule is CCCC(=O)N(CCc1ccccc1)c1cccc([N+](=O)[O-])c1. The number of hydrogen-bond donors (Lipinski definition) is 0. The van der Waals surface area contributed by atoms with Crippen molar-refractivity contribution in [1.82, 2.24) is 0 Å². The van der Waals surface area contributed by atoms with E-state index >= 15 is 0 Å². The maximum atomic E-state index is 12.4. The molecule has 0 aliphatic rings. The minimum atomic E-state index is -0.441. The van der Waals surface area contributed by atoms with Crippen molar-refractivity contribution >= 4 is 17.3 Å². The third-order valence-corrected chi connectivity index (χ3v) is 3.58. The lowest BCUT2D eigenvalue weighted by Gasteiger charge is -2.22. The maximum Gasteiger partial charge on any atom is 0.271 e. The molecule has 2 rings (SSSR count). The Labute approximate surface area is 135 Å². The molecule has 0 fully saturated rings. The first kappa shape index (κ1) is 16.7. The van der Waals surface area contributed by atoms with E-state index in [-0.39, 0.29) is 11.6 Å². The Bertz CT molecular complexity index is 671. The fraction of sp³-hybridized carbons (Fsp3) is 0.278. The van der Waals surface area contributed by atoms with Crippen molar-refractivity contribution < 1.29 is 9.72 Å². The van der Waals surface area contributed by atoms with Crippen LogP contribution in [0.15, 0.2) is 54.6 Å². The van der Waals surface area contributed by atoms with Gasteiger partial charge in [0.05, 0.1) is 10.6 Å². The second-order valence-electron chi connectivity index (χ2n) is 5.31. The Balaban J connectivity index is 2.21. The number of carbonyl (C=O) groups excluding carboxylic acids is 1. The molecule has 5 heteroatoms. The molecule has 1 amide bonds. The molecule has 120 valence electrons. The summed E-state index contributed by atoms with van der Waals surface area (Å²) in [7, 11) is 0. The number of rotatable bonds is 7. The van der Waals surface area contributed by atoms with Crippen molar-refractivity contribution in [3.05, 3.63) is 70.3 Å². The quantitative estimate of drug-likeness (QED) is 0.574. The molecule has 2 aromatic carbocycles. The van der Waals surface area contributed by atoms with Crippen molar-refractivity contribution in [1.29, 1.82) is 0 Å². The summed E-state index contributed by atoms with van der Waals surface area (Å²) in [5.74, 6) is -0.0103. The maximum absolute atomic E-state index is 12.4. The minimum Gasteiger partial charge on any atom is -0.312 e. The molecule has 0 saturated heterocycles. The Morgan fingerprint density at radius 2 is 1.87 bits per heavy atom. The van der Waals surface area contributed by atoms with Gasteiger partial charge in [-0.2, -0.15) is 0 Å². The summed E-state index contributed by atoms with van der Waals surface area (Å²) in [6, 6.07) is 16.1. The molecule has 0 aromatic heterocycles. The van der Waals surface area contributed by atoms with Crippen LogP contribution in [0.1, 0.15) is 25.3 Å². The van der Waals surface area contributed by atoms with Crippen LogP contribution in [0.3, 0.4) is 0 Å². The molecule has 0 atom stereocenters. The highest BCUT2D eigenvalue weighted by atomic mass is 16.6. The smallest absolute Gasteiger partial charge is 0.271 e. The standard InChI is InChI=1S/C18H20N2O3/c1-2-7-18(21)19(13-12-15-8-4-3-5-9-15)16-10-6-11-17(14-16)20(22)23/h3-6,8-11,14H,2,7,12-13H2,1H3. The topological polar surface area (TPSA) is 63.5 Å². The zero-order valence-electron chi connectivity index (χ0n) is 13.1. The first-order valence-corrected chi connectivity index (χ1v) is 7.70. The molecular formula is C18H20N2O3. The van der Waals surface area contributed by atoms with Gasteiger partial charge in [0, 0.05) is 25.1 Å². The Morgan fingerprint density at radius 1 is 1.13 bits per heavy atom. The fourth-order valence-corrected chi connectivity index (χ4v) is 2.41. The van der Waals surface area contributed by atoms with Crippen LogP contribution >= 0.6 is 0 Å². The molecule has 2 aromatic rings. The van der Waals surface area contributed by atoms with E-state index in [0.717, 1.165) is 12.0 Å². The normalized spacial score (nSPS) is 10.3. The number of amides is 1. The van der Waals surface area contributed by atoms with Gasteiger partial charge >= 0.3 is 0 Å². The zero-order valence-corrected chi connectivity index (χ0v) is 13.1. The van der Waals surface area contributed by atoms with Crippen LogP contribution < -0.4 is 4.90 Å². The van der Waals surface area contributed by atoms with Gasteiger partial charge in [0.2, 0.25) is 5.91 Å². The lowest BCUT2D eigenvalue weighted by molar-refractivity contribution is -0.384. The lowest BCUT2D eigenvalue weighted by Crippen LogP contribution is -2.32. The summed E-state index contributed by atoms with van der Waals surface area (Å²) in [6.45, 7) is 2.45. The Kier molecular flexibility index (Phi) is 5.86. The van der Waals surface area contributed by atoms with E-state index in [1.54, 1.807) is 17.0 Å². The van der Waals surface area contributed by atoms with E-state index in [0.29, 0.717) is 25.1 Å². The van der Waals surface area contributed by atoms with Gasteiger partial charge in [-0.3, -0.25) is 14.9 Å².